The molecule has 1 amide bonds. The first-order valence-electron chi connectivity index (χ1n) is 9.47. The number of amides is 1. The highest BCUT2D eigenvalue weighted by Crippen LogP contribution is 2.27. The van der Waals surface area contributed by atoms with Crippen LogP contribution < -0.4 is 0 Å². The smallest absolute Gasteiger partial charge is 0.209 e. The molecule has 4 nitrogen and oxygen atoms in total. The van der Waals surface area contributed by atoms with Crippen LogP contribution in [0, 0.1) is 0 Å². The van der Waals surface area contributed by atoms with Crippen molar-refractivity contribution in [2.24, 2.45) is 0 Å². The second-order valence-corrected chi connectivity index (χ2v) is 7.64. The molecular weight excluding hydrogens is 317 g/mol. The maximum absolute atomic E-state index is 13.3. The highest BCUT2D eigenvalue weighted by Gasteiger charge is 2.29. The molecule has 3 rings (SSSR count). The Morgan fingerprint density at radius 3 is 2.40 bits per heavy atom. The van der Waals surface area contributed by atoms with Gasteiger partial charge in [-0.25, -0.2) is 4.39 Å². The molecule has 0 N–H and O–H groups in total. The van der Waals surface area contributed by atoms with Gasteiger partial charge in [0, 0.05) is 45.3 Å². The molecule has 0 saturated carbocycles. The summed E-state index contributed by atoms with van der Waals surface area (Å²) < 4.78 is 13.3. The third-order valence-electron chi connectivity index (χ3n) is 5.55. The van der Waals surface area contributed by atoms with Crippen LogP contribution in [0.4, 0.5) is 4.39 Å². The van der Waals surface area contributed by atoms with Gasteiger partial charge in [-0.3, -0.25) is 14.6 Å². The fourth-order valence-corrected chi connectivity index (χ4v) is 3.99. The van der Waals surface area contributed by atoms with E-state index < -0.39 is 6.17 Å². The van der Waals surface area contributed by atoms with Crippen LogP contribution >= 0.6 is 0 Å². The SMILES string of the molecule is CC(C)N1CCN(C=O)C[C@@H]1c1ccc(CN2CCC(F)CC2)cc1. The maximum atomic E-state index is 13.3. The van der Waals surface area contributed by atoms with E-state index in [2.05, 4.69) is 47.9 Å². The van der Waals surface area contributed by atoms with E-state index in [0.717, 1.165) is 45.7 Å². The molecule has 0 aliphatic carbocycles. The van der Waals surface area contributed by atoms with Gasteiger partial charge in [-0.1, -0.05) is 24.3 Å². The van der Waals surface area contributed by atoms with Crippen molar-refractivity contribution in [3.63, 3.8) is 0 Å². The maximum Gasteiger partial charge on any atom is 0.209 e. The minimum Gasteiger partial charge on any atom is -0.342 e. The Bertz CT molecular complexity index is 555. The number of halogens is 1. The van der Waals surface area contributed by atoms with E-state index in [0.29, 0.717) is 18.9 Å². The fraction of sp³-hybridized carbons (Fsp3) is 0.650. The van der Waals surface area contributed by atoms with Crippen molar-refractivity contribution in [2.45, 2.75) is 51.5 Å². The quantitative estimate of drug-likeness (QED) is 0.767. The van der Waals surface area contributed by atoms with Crippen molar-refractivity contribution in [3.05, 3.63) is 35.4 Å². The third kappa shape index (κ3) is 4.59. The molecule has 2 fully saturated rings. The average molecular weight is 347 g/mol. The van der Waals surface area contributed by atoms with E-state index in [-0.39, 0.29) is 6.04 Å². The summed E-state index contributed by atoms with van der Waals surface area (Å²) in [5.74, 6) is 0. The molecule has 0 radical (unpaired) electrons. The average Bonchev–Trinajstić information content (AvgIpc) is 2.63. The Balaban J connectivity index is 1.66. The lowest BCUT2D eigenvalue weighted by atomic mass is 9.99. The normalized spacial score (nSPS) is 24.0. The van der Waals surface area contributed by atoms with Crippen molar-refractivity contribution < 1.29 is 9.18 Å². The first-order valence-corrected chi connectivity index (χ1v) is 9.47. The van der Waals surface area contributed by atoms with Gasteiger partial charge >= 0.3 is 0 Å². The van der Waals surface area contributed by atoms with Crippen LogP contribution in [0.15, 0.2) is 24.3 Å². The molecule has 1 atom stereocenters. The highest BCUT2D eigenvalue weighted by atomic mass is 19.1. The van der Waals surface area contributed by atoms with Crippen LogP contribution in [0.25, 0.3) is 0 Å². The van der Waals surface area contributed by atoms with Gasteiger partial charge in [-0.2, -0.15) is 0 Å². The van der Waals surface area contributed by atoms with Gasteiger partial charge in [0.2, 0.25) is 6.41 Å². The number of piperidine rings is 1. The summed E-state index contributed by atoms with van der Waals surface area (Å²) in [6.45, 7) is 9.50. The van der Waals surface area contributed by atoms with Gasteiger partial charge in [-0.05, 0) is 37.8 Å². The van der Waals surface area contributed by atoms with Crippen LogP contribution in [-0.4, -0.2) is 66.0 Å². The predicted molar refractivity (Wildman–Crippen MR) is 98.1 cm³/mol. The molecule has 0 unspecified atom stereocenters. The number of carbonyl (C=O) groups excluding carboxylic acids is 1. The van der Waals surface area contributed by atoms with Gasteiger partial charge in [-0.15, -0.1) is 0 Å². The summed E-state index contributed by atoms with van der Waals surface area (Å²) in [4.78, 5) is 17.9. The second-order valence-electron chi connectivity index (χ2n) is 7.64. The Morgan fingerprint density at radius 2 is 1.80 bits per heavy atom. The molecule has 1 aromatic rings. The first-order chi connectivity index (χ1) is 12.1. The van der Waals surface area contributed by atoms with E-state index in [1.54, 1.807) is 0 Å². The number of benzene rings is 1. The zero-order valence-electron chi connectivity index (χ0n) is 15.4. The van der Waals surface area contributed by atoms with Crippen LogP contribution in [0.2, 0.25) is 0 Å². The van der Waals surface area contributed by atoms with Crippen LogP contribution in [-0.2, 0) is 11.3 Å². The lowest BCUT2D eigenvalue weighted by molar-refractivity contribution is -0.121. The number of likely N-dealkylation sites (tertiary alicyclic amines) is 1. The van der Waals surface area contributed by atoms with Crippen molar-refractivity contribution in [1.29, 1.82) is 0 Å². The number of hydrogen-bond acceptors (Lipinski definition) is 3. The molecule has 1 aromatic carbocycles. The predicted octanol–water partition coefficient (Wildman–Crippen LogP) is 2.84. The molecular formula is C20H30FN3O. The minimum absolute atomic E-state index is 0.260. The summed E-state index contributed by atoms with van der Waals surface area (Å²) in [5.41, 5.74) is 2.55. The highest BCUT2D eigenvalue weighted by molar-refractivity contribution is 5.47. The number of alkyl halides is 1. The Morgan fingerprint density at radius 1 is 1.12 bits per heavy atom. The molecule has 5 heteroatoms. The van der Waals surface area contributed by atoms with Gasteiger partial charge < -0.3 is 4.90 Å². The first kappa shape index (κ1) is 18.3. The Labute approximate surface area is 150 Å². The number of nitrogens with zero attached hydrogens (tertiary/aromatic N) is 3. The van der Waals surface area contributed by atoms with E-state index in [1.807, 2.05) is 4.90 Å². The van der Waals surface area contributed by atoms with Gasteiger partial charge in [0.15, 0.2) is 0 Å². The molecule has 0 spiro atoms. The van der Waals surface area contributed by atoms with E-state index in [4.69, 9.17) is 0 Å². The zero-order valence-corrected chi connectivity index (χ0v) is 15.4. The zero-order chi connectivity index (χ0) is 17.8. The summed E-state index contributed by atoms with van der Waals surface area (Å²) in [6.07, 6.45) is 1.66. The van der Waals surface area contributed by atoms with Crippen molar-refractivity contribution in [3.8, 4) is 0 Å². The van der Waals surface area contributed by atoms with Crippen LogP contribution in [0.3, 0.4) is 0 Å². The lowest BCUT2D eigenvalue weighted by Gasteiger charge is -2.42. The third-order valence-corrected chi connectivity index (χ3v) is 5.55. The summed E-state index contributed by atoms with van der Waals surface area (Å²) in [7, 11) is 0. The molecule has 0 aromatic heterocycles. The van der Waals surface area contributed by atoms with Gasteiger partial charge in [0.05, 0.1) is 6.04 Å². The molecule has 2 aliphatic heterocycles. The van der Waals surface area contributed by atoms with Gasteiger partial charge in [0.1, 0.15) is 6.17 Å². The van der Waals surface area contributed by atoms with Crippen LogP contribution in [0.1, 0.15) is 43.9 Å². The second kappa shape index (κ2) is 8.28. The van der Waals surface area contributed by atoms with E-state index in [9.17, 15) is 9.18 Å². The van der Waals surface area contributed by atoms with Gasteiger partial charge in [0.25, 0.3) is 0 Å². The van der Waals surface area contributed by atoms with E-state index in [1.165, 1.54) is 11.1 Å². The Kier molecular flexibility index (Phi) is 6.07. The van der Waals surface area contributed by atoms with Crippen molar-refractivity contribution in [1.82, 2.24) is 14.7 Å². The molecule has 2 saturated heterocycles. The number of rotatable bonds is 5. The Hall–Kier alpha value is -1.46. The molecule has 0 bridgehead atoms. The van der Waals surface area contributed by atoms with Crippen molar-refractivity contribution in [2.75, 3.05) is 32.7 Å². The molecule has 2 heterocycles. The number of piperazine rings is 1. The largest absolute Gasteiger partial charge is 0.342 e. The number of carbonyl (C=O) groups is 1. The minimum atomic E-state index is -0.618. The topological polar surface area (TPSA) is 26.8 Å². The summed E-state index contributed by atoms with van der Waals surface area (Å²) in [5, 5.41) is 0. The van der Waals surface area contributed by atoms with Crippen molar-refractivity contribution >= 4 is 6.41 Å². The van der Waals surface area contributed by atoms with Crippen LogP contribution in [0.5, 0.6) is 0 Å². The molecule has 25 heavy (non-hydrogen) atoms. The fourth-order valence-electron chi connectivity index (χ4n) is 3.99. The lowest BCUT2D eigenvalue weighted by Crippen LogP contribution is -2.50. The molecule has 138 valence electrons. The molecule has 2 aliphatic rings. The standard InChI is InChI=1S/C20H30FN3O/c1-16(2)24-12-11-23(15-25)14-20(24)18-5-3-17(4-6-18)13-22-9-7-19(21)8-10-22/h3-6,15-16,19-20H,7-14H2,1-2H3/t20-/m1/s1. The monoisotopic (exact) mass is 347 g/mol. The van der Waals surface area contributed by atoms with E-state index >= 15 is 0 Å². The number of hydrogen-bond donors (Lipinski definition) is 0. The summed E-state index contributed by atoms with van der Waals surface area (Å²) in [6, 6.07) is 9.50. The summed E-state index contributed by atoms with van der Waals surface area (Å²) >= 11 is 0.